The quantitative estimate of drug-likeness (QED) is 0.813. The molecule has 122 valence electrons. The minimum absolute atomic E-state index is 0.0833. The summed E-state index contributed by atoms with van der Waals surface area (Å²) in [7, 11) is 1.55. The highest BCUT2D eigenvalue weighted by molar-refractivity contribution is 9.10. The lowest BCUT2D eigenvalue weighted by atomic mass is 10.1. The van der Waals surface area contributed by atoms with Crippen LogP contribution in [0.25, 0.3) is 0 Å². The van der Waals surface area contributed by atoms with Gasteiger partial charge in [-0.05, 0) is 47.5 Å². The fourth-order valence-corrected chi connectivity index (χ4v) is 2.80. The maximum absolute atomic E-state index is 12.5. The van der Waals surface area contributed by atoms with Crippen molar-refractivity contribution in [1.29, 1.82) is 0 Å². The Morgan fingerprint density at radius 2 is 1.96 bits per heavy atom. The third-order valence-electron chi connectivity index (χ3n) is 3.43. The highest BCUT2D eigenvalue weighted by atomic mass is 79.9. The molecule has 1 N–H and O–H groups in total. The molecule has 0 saturated carbocycles. The van der Waals surface area contributed by atoms with Gasteiger partial charge in [0.05, 0.1) is 24.2 Å². The minimum atomic E-state index is -0.164. The number of hydrogen-bond acceptors (Lipinski definition) is 3. The molecule has 1 amide bonds. The van der Waals surface area contributed by atoms with Crippen molar-refractivity contribution in [3.63, 3.8) is 0 Å². The molecule has 5 heteroatoms. The Hall–Kier alpha value is -2.01. The number of hydrogen-bond donors (Lipinski definition) is 1. The normalized spacial score (nSPS) is 11.7. The van der Waals surface area contributed by atoms with E-state index in [1.807, 2.05) is 44.2 Å². The van der Waals surface area contributed by atoms with Crippen LogP contribution in [0.4, 0.5) is 0 Å². The van der Waals surface area contributed by atoms with Crippen molar-refractivity contribution < 1.29 is 14.3 Å². The van der Waals surface area contributed by atoms with Crippen molar-refractivity contribution in [2.45, 2.75) is 19.9 Å². The highest BCUT2D eigenvalue weighted by Crippen LogP contribution is 2.36. The smallest absolute Gasteiger partial charge is 0.251 e. The summed E-state index contributed by atoms with van der Waals surface area (Å²) in [5.74, 6) is 0.963. The summed E-state index contributed by atoms with van der Waals surface area (Å²) >= 11 is 3.43. The Morgan fingerprint density at radius 1 is 1.26 bits per heavy atom. The first-order valence-electron chi connectivity index (χ1n) is 7.43. The molecule has 0 aliphatic heterocycles. The van der Waals surface area contributed by atoms with Crippen molar-refractivity contribution in [3.8, 4) is 11.5 Å². The molecule has 1 atom stereocenters. The van der Waals surface area contributed by atoms with Crippen molar-refractivity contribution in [1.82, 2.24) is 5.32 Å². The van der Waals surface area contributed by atoms with E-state index in [-0.39, 0.29) is 11.9 Å². The van der Waals surface area contributed by atoms with Gasteiger partial charge in [0.25, 0.3) is 5.91 Å². The van der Waals surface area contributed by atoms with Crippen LogP contribution in [0.3, 0.4) is 0 Å². The van der Waals surface area contributed by atoms with Gasteiger partial charge >= 0.3 is 0 Å². The number of carbonyl (C=O) groups excluding carboxylic acids is 1. The number of ether oxygens (including phenoxy) is 2. The number of amides is 1. The summed E-state index contributed by atoms with van der Waals surface area (Å²) in [6.45, 7) is 4.37. The predicted molar refractivity (Wildman–Crippen MR) is 94.2 cm³/mol. The Kier molecular flexibility index (Phi) is 6.04. The lowest BCUT2D eigenvalue weighted by Crippen LogP contribution is -2.26. The van der Waals surface area contributed by atoms with E-state index in [0.717, 1.165) is 5.56 Å². The van der Waals surface area contributed by atoms with Gasteiger partial charge in [0.15, 0.2) is 11.5 Å². The van der Waals surface area contributed by atoms with E-state index in [1.54, 1.807) is 19.2 Å². The standard InChI is InChI=1S/C18H20BrNO3/c1-4-23-17-15(19)10-14(11-16(17)22-3)18(21)20-12(2)13-8-6-5-7-9-13/h5-12H,4H2,1-3H3,(H,20,21). The van der Waals surface area contributed by atoms with E-state index < -0.39 is 0 Å². The monoisotopic (exact) mass is 377 g/mol. The van der Waals surface area contributed by atoms with Gasteiger partial charge < -0.3 is 14.8 Å². The topological polar surface area (TPSA) is 47.6 Å². The predicted octanol–water partition coefficient (Wildman–Crippen LogP) is 4.35. The minimum Gasteiger partial charge on any atom is -0.493 e. The van der Waals surface area contributed by atoms with E-state index in [4.69, 9.17) is 9.47 Å². The van der Waals surface area contributed by atoms with Crippen molar-refractivity contribution in [3.05, 3.63) is 58.1 Å². The number of rotatable bonds is 6. The summed E-state index contributed by atoms with van der Waals surface area (Å²) < 4.78 is 11.6. The van der Waals surface area contributed by atoms with Crippen molar-refractivity contribution in [2.24, 2.45) is 0 Å². The van der Waals surface area contributed by atoms with Crippen LogP contribution >= 0.6 is 15.9 Å². The van der Waals surface area contributed by atoms with Gasteiger partial charge in [0.2, 0.25) is 0 Å². The summed E-state index contributed by atoms with van der Waals surface area (Å²) in [6, 6.07) is 13.2. The van der Waals surface area contributed by atoms with Crippen LogP contribution in [0.2, 0.25) is 0 Å². The lowest BCUT2D eigenvalue weighted by Gasteiger charge is -2.16. The van der Waals surface area contributed by atoms with Crippen LogP contribution in [-0.2, 0) is 0 Å². The largest absolute Gasteiger partial charge is 0.493 e. The fraction of sp³-hybridized carbons (Fsp3) is 0.278. The highest BCUT2D eigenvalue weighted by Gasteiger charge is 2.17. The van der Waals surface area contributed by atoms with E-state index in [2.05, 4.69) is 21.2 Å². The second kappa shape index (κ2) is 8.02. The maximum Gasteiger partial charge on any atom is 0.251 e. The molecule has 0 aliphatic carbocycles. The van der Waals surface area contributed by atoms with Crippen molar-refractivity contribution in [2.75, 3.05) is 13.7 Å². The molecular formula is C18H20BrNO3. The molecule has 0 radical (unpaired) electrons. The first-order valence-corrected chi connectivity index (χ1v) is 8.22. The second-order valence-electron chi connectivity index (χ2n) is 5.03. The first kappa shape index (κ1) is 17.3. The molecule has 0 aliphatic rings. The number of nitrogens with one attached hydrogen (secondary N) is 1. The Balaban J connectivity index is 2.21. The molecule has 0 saturated heterocycles. The van der Waals surface area contributed by atoms with E-state index in [0.29, 0.717) is 28.1 Å². The molecule has 0 bridgehead atoms. The van der Waals surface area contributed by atoms with E-state index in [1.165, 1.54) is 0 Å². The number of benzene rings is 2. The molecule has 0 aromatic heterocycles. The molecule has 0 fully saturated rings. The summed E-state index contributed by atoms with van der Waals surface area (Å²) in [4.78, 5) is 12.5. The number of methoxy groups -OCH3 is 1. The summed E-state index contributed by atoms with van der Waals surface area (Å²) in [5.41, 5.74) is 1.57. The summed E-state index contributed by atoms with van der Waals surface area (Å²) in [5, 5.41) is 2.99. The van der Waals surface area contributed by atoms with Crippen LogP contribution in [-0.4, -0.2) is 19.6 Å². The van der Waals surface area contributed by atoms with Gasteiger partial charge in [0, 0.05) is 5.56 Å². The van der Waals surface area contributed by atoms with Gasteiger partial charge in [0.1, 0.15) is 0 Å². The SMILES string of the molecule is CCOc1c(Br)cc(C(=O)NC(C)c2ccccc2)cc1OC. The van der Waals surface area contributed by atoms with Crippen LogP contribution in [0.1, 0.15) is 35.8 Å². The zero-order valence-corrected chi connectivity index (χ0v) is 15.0. The van der Waals surface area contributed by atoms with Crippen LogP contribution in [0.15, 0.2) is 46.9 Å². The van der Waals surface area contributed by atoms with Gasteiger partial charge in [-0.3, -0.25) is 4.79 Å². The van der Waals surface area contributed by atoms with Crippen LogP contribution in [0.5, 0.6) is 11.5 Å². The third-order valence-corrected chi connectivity index (χ3v) is 4.02. The third kappa shape index (κ3) is 4.26. The van der Waals surface area contributed by atoms with Crippen LogP contribution in [0, 0.1) is 0 Å². The van der Waals surface area contributed by atoms with Crippen LogP contribution < -0.4 is 14.8 Å². The fourth-order valence-electron chi connectivity index (χ4n) is 2.24. The molecule has 4 nitrogen and oxygen atoms in total. The maximum atomic E-state index is 12.5. The Bertz CT molecular complexity index is 673. The zero-order valence-electron chi connectivity index (χ0n) is 13.4. The lowest BCUT2D eigenvalue weighted by molar-refractivity contribution is 0.0939. The van der Waals surface area contributed by atoms with E-state index in [9.17, 15) is 4.79 Å². The Labute approximate surface area is 144 Å². The Morgan fingerprint density at radius 3 is 2.57 bits per heavy atom. The molecule has 0 heterocycles. The number of carbonyl (C=O) groups is 1. The molecular weight excluding hydrogens is 358 g/mol. The van der Waals surface area contributed by atoms with E-state index >= 15 is 0 Å². The number of halogens is 1. The van der Waals surface area contributed by atoms with Gasteiger partial charge in [-0.1, -0.05) is 30.3 Å². The summed E-state index contributed by atoms with van der Waals surface area (Å²) in [6.07, 6.45) is 0. The molecule has 2 rings (SSSR count). The average Bonchev–Trinajstić information content (AvgIpc) is 2.57. The molecule has 2 aromatic rings. The zero-order chi connectivity index (χ0) is 16.8. The molecule has 1 unspecified atom stereocenters. The molecule has 2 aromatic carbocycles. The molecule has 23 heavy (non-hydrogen) atoms. The van der Waals surface area contributed by atoms with Gasteiger partial charge in [-0.25, -0.2) is 0 Å². The second-order valence-corrected chi connectivity index (χ2v) is 5.88. The average molecular weight is 378 g/mol. The van der Waals surface area contributed by atoms with Crippen molar-refractivity contribution >= 4 is 21.8 Å². The first-order chi connectivity index (χ1) is 11.1. The molecule has 0 spiro atoms. The van der Waals surface area contributed by atoms with Gasteiger partial charge in [-0.2, -0.15) is 0 Å². The van der Waals surface area contributed by atoms with Gasteiger partial charge in [-0.15, -0.1) is 0 Å².